The van der Waals surface area contributed by atoms with Gasteiger partial charge in [0.1, 0.15) is 0 Å². The van der Waals surface area contributed by atoms with Gasteiger partial charge in [-0.2, -0.15) is 0 Å². The van der Waals surface area contributed by atoms with Gasteiger partial charge in [0.05, 0.1) is 0 Å². The Bertz CT molecular complexity index is 653. The number of thiophene rings is 2. The van der Waals surface area contributed by atoms with E-state index in [4.69, 9.17) is 0 Å². The fourth-order valence-electron chi connectivity index (χ4n) is 2.00. The van der Waals surface area contributed by atoms with Crippen LogP contribution in [0.15, 0.2) is 53.2 Å². The molecule has 0 atom stereocenters. The van der Waals surface area contributed by atoms with Crippen molar-refractivity contribution in [3.05, 3.63) is 63.7 Å². The van der Waals surface area contributed by atoms with Gasteiger partial charge in [-0.15, -0.1) is 22.7 Å². The highest BCUT2D eigenvalue weighted by atomic mass is 32.1. The van der Waals surface area contributed by atoms with Crippen LogP contribution in [-0.4, -0.2) is 0 Å². The number of nitrogens with one attached hydrogen (secondary N) is 1. The molecule has 0 aliphatic carbocycles. The topological polar surface area (TPSA) is 12.0 Å². The normalized spacial score (nSPS) is 10.6. The lowest BCUT2D eigenvalue weighted by Crippen LogP contribution is -1.98. The van der Waals surface area contributed by atoms with E-state index in [0.717, 1.165) is 6.54 Å². The van der Waals surface area contributed by atoms with E-state index in [1.807, 2.05) is 11.3 Å². The number of para-hydroxylation sites is 1. The highest BCUT2D eigenvalue weighted by Crippen LogP contribution is 2.29. The standard InChI is InChI=1S/C16H15NS2/c1-12-5-2-3-6-15(12)17-10-14-9-13(11-19-14)16-7-4-8-18-16/h2-9,11,17H,10H2,1H3. The van der Waals surface area contributed by atoms with Crippen LogP contribution in [0.2, 0.25) is 0 Å². The SMILES string of the molecule is Cc1ccccc1NCc1cc(-c2cccs2)cs1. The lowest BCUT2D eigenvalue weighted by Gasteiger charge is -2.07. The molecule has 0 amide bonds. The van der Waals surface area contributed by atoms with Crippen molar-refractivity contribution >= 4 is 28.4 Å². The summed E-state index contributed by atoms with van der Waals surface area (Å²) >= 11 is 3.61. The Kier molecular flexibility index (Phi) is 3.67. The van der Waals surface area contributed by atoms with Crippen molar-refractivity contribution in [3.8, 4) is 10.4 Å². The van der Waals surface area contributed by atoms with Crippen molar-refractivity contribution in [2.75, 3.05) is 5.32 Å². The van der Waals surface area contributed by atoms with Crippen LogP contribution in [0.5, 0.6) is 0 Å². The molecular weight excluding hydrogens is 270 g/mol. The highest BCUT2D eigenvalue weighted by molar-refractivity contribution is 7.14. The Morgan fingerprint density at radius 3 is 2.74 bits per heavy atom. The van der Waals surface area contributed by atoms with Crippen LogP contribution >= 0.6 is 22.7 Å². The first-order valence-electron chi connectivity index (χ1n) is 6.24. The average Bonchev–Trinajstić information content (AvgIpc) is 3.09. The van der Waals surface area contributed by atoms with E-state index in [1.54, 1.807) is 11.3 Å². The van der Waals surface area contributed by atoms with Gasteiger partial charge in [-0.25, -0.2) is 0 Å². The van der Waals surface area contributed by atoms with Gasteiger partial charge >= 0.3 is 0 Å². The van der Waals surface area contributed by atoms with E-state index >= 15 is 0 Å². The number of anilines is 1. The van der Waals surface area contributed by atoms with Crippen LogP contribution in [0.3, 0.4) is 0 Å². The minimum atomic E-state index is 0.890. The number of rotatable bonds is 4. The molecule has 3 rings (SSSR count). The molecule has 3 aromatic rings. The zero-order chi connectivity index (χ0) is 13.1. The quantitative estimate of drug-likeness (QED) is 0.677. The molecule has 0 aliphatic heterocycles. The van der Waals surface area contributed by atoms with Gasteiger partial charge in [0, 0.05) is 27.5 Å². The van der Waals surface area contributed by atoms with Crippen LogP contribution in [-0.2, 0) is 6.54 Å². The maximum atomic E-state index is 3.50. The fourth-order valence-corrected chi connectivity index (χ4v) is 3.61. The summed E-state index contributed by atoms with van der Waals surface area (Å²) in [5.41, 5.74) is 3.84. The number of benzene rings is 1. The van der Waals surface area contributed by atoms with Crippen molar-refractivity contribution in [2.24, 2.45) is 0 Å². The first kappa shape index (κ1) is 12.5. The minimum absolute atomic E-state index is 0.890. The summed E-state index contributed by atoms with van der Waals surface area (Å²) in [6.07, 6.45) is 0. The summed E-state index contributed by atoms with van der Waals surface area (Å²) in [4.78, 5) is 2.71. The van der Waals surface area contributed by atoms with Crippen LogP contribution in [0.25, 0.3) is 10.4 Å². The smallest absolute Gasteiger partial charge is 0.0494 e. The molecule has 0 aliphatic rings. The molecule has 2 aromatic heterocycles. The van der Waals surface area contributed by atoms with E-state index in [-0.39, 0.29) is 0 Å². The van der Waals surface area contributed by atoms with Crippen LogP contribution < -0.4 is 5.32 Å². The summed E-state index contributed by atoms with van der Waals surface area (Å²) in [6.45, 7) is 3.02. The molecule has 1 nitrogen and oxygen atoms in total. The lowest BCUT2D eigenvalue weighted by atomic mass is 10.2. The zero-order valence-corrected chi connectivity index (χ0v) is 12.4. The van der Waals surface area contributed by atoms with E-state index in [1.165, 1.54) is 26.6 Å². The molecule has 0 saturated carbocycles. The van der Waals surface area contributed by atoms with Crippen LogP contribution in [0.1, 0.15) is 10.4 Å². The average molecular weight is 285 g/mol. The van der Waals surface area contributed by atoms with Crippen molar-refractivity contribution < 1.29 is 0 Å². The highest BCUT2D eigenvalue weighted by Gasteiger charge is 2.04. The van der Waals surface area contributed by atoms with Crippen molar-refractivity contribution in [1.29, 1.82) is 0 Å². The van der Waals surface area contributed by atoms with Gasteiger partial charge in [0.2, 0.25) is 0 Å². The van der Waals surface area contributed by atoms with Gasteiger partial charge in [0.25, 0.3) is 0 Å². The summed E-state index contributed by atoms with van der Waals surface area (Å²) < 4.78 is 0. The Morgan fingerprint density at radius 1 is 1.05 bits per heavy atom. The molecule has 0 fully saturated rings. The molecule has 1 aromatic carbocycles. The van der Waals surface area contributed by atoms with E-state index in [9.17, 15) is 0 Å². The Labute approximate surface area is 121 Å². The third kappa shape index (κ3) is 2.88. The van der Waals surface area contributed by atoms with E-state index in [0.29, 0.717) is 0 Å². The maximum Gasteiger partial charge on any atom is 0.0494 e. The second-order valence-corrected chi connectivity index (χ2v) is 6.39. The Morgan fingerprint density at radius 2 is 1.95 bits per heavy atom. The van der Waals surface area contributed by atoms with Crippen LogP contribution in [0.4, 0.5) is 5.69 Å². The van der Waals surface area contributed by atoms with Gasteiger partial charge in [-0.05, 0) is 41.4 Å². The van der Waals surface area contributed by atoms with Crippen LogP contribution in [0, 0.1) is 6.92 Å². The molecule has 96 valence electrons. The van der Waals surface area contributed by atoms with Crippen molar-refractivity contribution in [1.82, 2.24) is 0 Å². The third-order valence-corrected chi connectivity index (χ3v) is 4.91. The summed E-state index contributed by atoms with van der Waals surface area (Å²) in [7, 11) is 0. The molecule has 0 saturated heterocycles. The largest absolute Gasteiger partial charge is 0.380 e. The summed E-state index contributed by atoms with van der Waals surface area (Å²) in [6, 6.07) is 15.0. The first-order chi connectivity index (χ1) is 9.33. The maximum absolute atomic E-state index is 3.50. The van der Waals surface area contributed by atoms with Crippen molar-refractivity contribution in [2.45, 2.75) is 13.5 Å². The molecular formula is C16H15NS2. The second kappa shape index (κ2) is 5.59. The molecule has 0 radical (unpaired) electrons. The Balaban J connectivity index is 1.70. The second-order valence-electron chi connectivity index (χ2n) is 4.45. The zero-order valence-electron chi connectivity index (χ0n) is 10.7. The number of aryl methyl sites for hydroxylation is 1. The van der Waals surface area contributed by atoms with Gasteiger partial charge in [-0.3, -0.25) is 0 Å². The molecule has 2 heterocycles. The molecule has 1 N–H and O–H groups in total. The monoisotopic (exact) mass is 285 g/mol. The van der Waals surface area contributed by atoms with Gasteiger partial charge < -0.3 is 5.32 Å². The first-order valence-corrected chi connectivity index (χ1v) is 7.99. The predicted molar refractivity (Wildman–Crippen MR) is 86.1 cm³/mol. The Hall–Kier alpha value is -1.58. The lowest BCUT2D eigenvalue weighted by molar-refractivity contribution is 1.18. The molecule has 0 spiro atoms. The van der Waals surface area contributed by atoms with E-state index < -0.39 is 0 Å². The van der Waals surface area contributed by atoms with Crippen molar-refractivity contribution in [3.63, 3.8) is 0 Å². The number of hydrogen-bond acceptors (Lipinski definition) is 3. The van der Waals surface area contributed by atoms with E-state index in [2.05, 4.69) is 65.5 Å². The summed E-state index contributed by atoms with van der Waals surface area (Å²) in [5.74, 6) is 0. The minimum Gasteiger partial charge on any atom is -0.380 e. The molecule has 19 heavy (non-hydrogen) atoms. The summed E-state index contributed by atoms with van der Waals surface area (Å²) in [5, 5.41) is 7.86. The molecule has 0 bridgehead atoms. The molecule has 3 heteroatoms. The van der Waals surface area contributed by atoms with Gasteiger partial charge in [0.15, 0.2) is 0 Å². The third-order valence-electron chi connectivity index (χ3n) is 3.06. The molecule has 0 unspecified atom stereocenters. The predicted octanol–water partition coefficient (Wildman–Crippen LogP) is 5.40. The number of hydrogen-bond donors (Lipinski definition) is 1. The fraction of sp³-hybridized carbons (Fsp3) is 0.125. The van der Waals surface area contributed by atoms with Gasteiger partial charge in [-0.1, -0.05) is 24.3 Å².